The lowest BCUT2D eigenvalue weighted by atomic mass is 10.1. The van der Waals surface area contributed by atoms with Crippen LogP contribution in [0.1, 0.15) is 12.5 Å². The van der Waals surface area contributed by atoms with Gasteiger partial charge in [-0.3, -0.25) is 4.99 Å². The predicted molar refractivity (Wildman–Crippen MR) is 67.5 cm³/mol. The number of rotatable bonds is 3. The van der Waals surface area contributed by atoms with E-state index in [0.717, 1.165) is 30.2 Å². The van der Waals surface area contributed by atoms with Gasteiger partial charge < -0.3 is 5.32 Å². The highest BCUT2D eigenvalue weighted by Crippen LogP contribution is 2.18. The van der Waals surface area contributed by atoms with Crippen molar-refractivity contribution in [2.45, 2.75) is 18.6 Å². The van der Waals surface area contributed by atoms with E-state index in [9.17, 15) is 4.39 Å². The second-order valence-electron chi connectivity index (χ2n) is 3.88. The lowest BCUT2D eigenvalue weighted by Gasteiger charge is -2.05. The van der Waals surface area contributed by atoms with Crippen LogP contribution in [0.4, 0.5) is 4.39 Å². The Morgan fingerprint density at radius 1 is 1.44 bits per heavy atom. The van der Waals surface area contributed by atoms with Gasteiger partial charge in [0.25, 0.3) is 0 Å². The summed E-state index contributed by atoms with van der Waals surface area (Å²) in [6.45, 7) is 3.93. The third-order valence-corrected chi connectivity index (χ3v) is 3.46. The Balaban J connectivity index is 1.74. The van der Waals surface area contributed by atoms with Gasteiger partial charge in [-0.2, -0.15) is 0 Å². The summed E-state index contributed by atoms with van der Waals surface area (Å²) in [5.74, 6) is -0.179. The number of thioether (sulfide) groups is 1. The van der Waals surface area contributed by atoms with Gasteiger partial charge >= 0.3 is 0 Å². The minimum Gasteiger partial charge on any atom is -0.365 e. The van der Waals surface area contributed by atoms with Crippen LogP contribution >= 0.6 is 11.8 Å². The van der Waals surface area contributed by atoms with Crippen LogP contribution in [0.25, 0.3) is 0 Å². The van der Waals surface area contributed by atoms with Crippen LogP contribution in [0.15, 0.2) is 29.3 Å². The Labute approximate surface area is 99.3 Å². The molecule has 1 aliphatic heterocycles. The molecule has 1 aromatic carbocycles. The number of nitrogens with one attached hydrogen (secondary N) is 1. The van der Waals surface area contributed by atoms with Crippen LogP contribution in [0.3, 0.4) is 0 Å². The lowest BCUT2D eigenvalue weighted by Crippen LogP contribution is -2.22. The molecule has 1 aliphatic rings. The van der Waals surface area contributed by atoms with Crippen molar-refractivity contribution in [1.29, 1.82) is 0 Å². The Morgan fingerprint density at radius 2 is 2.19 bits per heavy atom. The fourth-order valence-corrected chi connectivity index (χ4v) is 2.40. The van der Waals surface area contributed by atoms with Gasteiger partial charge in [0.1, 0.15) is 5.82 Å². The minimum atomic E-state index is -0.179. The molecule has 0 fully saturated rings. The maximum atomic E-state index is 12.7. The van der Waals surface area contributed by atoms with Gasteiger partial charge in [0.05, 0.1) is 6.54 Å². The SMILES string of the molecule is CC1CN=C(NCCc2ccc(F)cc2)S1. The van der Waals surface area contributed by atoms with Crippen molar-refractivity contribution in [3.05, 3.63) is 35.6 Å². The standard InChI is InChI=1S/C12H15FN2S/c1-9-8-15-12(16-9)14-7-6-10-2-4-11(13)5-3-10/h2-5,9H,6-8H2,1H3,(H,14,15). The molecule has 16 heavy (non-hydrogen) atoms. The Hall–Kier alpha value is -1.03. The maximum absolute atomic E-state index is 12.7. The summed E-state index contributed by atoms with van der Waals surface area (Å²) >= 11 is 1.78. The average molecular weight is 238 g/mol. The molecule has 1 unspecified atom stereocenters. The highest BCUT2D eigenvalue weighted by Gasteiger charge is 2.13. The fourth-order valence-electron chi connectivity index (χ4n) is 1.54. The molecule has 1 atom stereocenters. The van der Waals surface area contributed by atoms with Gasteiger partial charge in [0.2, 0.25) is 0 Å². The number of hydrogen-bond acceptors (Lipinski definition) is 3. The molecule has 0 bridgehead atoms. The zero-order valence-electron chi connectivity index (χ0n) is 9.24. The smallest absolute Gasteiger partial charge is 0.156 e. The van der Waals surface area contributed by atoms with E-state index >= 15 is 0 Å². The molecule has 1 aromatic rings. The zero-order chi connectivity index (χ0) is 11.4. The van der Waals surface area contributed by atoms with Crippen molar-refractivity contribution >= 4 is 16.9 Å². The minimum absolute atomic E-state index is 0.179. The number of aliphatic imine (C=N–C) groups is 1. The Morgan fingerprint density at radius 3 is 2.81 bits per heavy atom. The van der Waals surface area contributed by atoms with Gasteiger partial charge in [0.15, 0.2) is 5.17 Å². The molecule has 1 heterocycles. The molecule has 1 N–H and O–H groups in total. The molecule has 0 amide bonds. The molecule has 4 heteroatoms. The van der Waals surface area contributed by atoms with E-state index in [0.29, 0.717) is 5.25 Å². The molecular formula is C12H15FN2S. The summed E-state index contributed by atoms with van der Waals surface area (Å²) in [5.41, 5.74) is 1.14. The second-order valence-corrected chi connectivity index (χ2v) is 5.30. The Bertz CT molecular complexity index is 375. The third-order valence-electron chi connectivity index (χ3n) is 2.41. The van der Waals surface area contributed by atoms with Gasteiger partial charge in [-0.15, -0.1) is 0 Å². The van der Waals surface area contributed by atoms with Crippen molar-refractivity contribution in [2.24, 2.45) is 4.99 Å². The third kappa shape index (κ3) is 3.23. The molecule has 0 spiro atoms. The molecule has 2 nitrogen and oxygen atoms in total. The number of nitrogens with zero attached hydrogens (tertiary/aromatic N) is 1. The van der Waals surface area contributed by atoms with Gasteiger partial charge in [-0.1, -0.05) is 30.8 Å². The summed E-state index contributed by atoms with van der Waals surface area (Å²) in [5, 5.41) is 4.92. The van der Waals surface area contributed by atoms with Crippen molar-refractivity contribution < 1.29 is 4.39 Å². The Kier molecular flexibility index (Phi) is 3.83. The predicted octanol–water partition coefficient (Wildman–Crippen LogP) is 2.45. The van der Waals surface area contributed by atoms with E-state index in [2.05, 4.69) is 17.2 Å². The average Bonchev–Trinajstić information content (AvgIpc) is 2.67. The van der Waals surface area contributed by atoms with E-state index in [1.54, 1.807) is 11.8 Å². The maximum Gasteiger partial charge on any atom is 0.156 e. The van der Waals surface area contributed by atoms with Crippen molar-refractivity contribution in [1.82, 2.24) is 5.32 Å². The van der Waals surface area contributed by atoms with Crippen LogP contribution in [0.5, 0.6) is 0 Å². The van der Waals surface area contributed by atoms with Crippen molar-refractivity contribution in [3.8, 4) is 0 Å². The van der Waals surface area contributed by atoms with E-state index in [1.807, 2.05) is 12.1 Å². The summed E-state index contributed by atoms with van der Waals surface area (Å²) < 4.78 is 12.7. The summed E-state index contributed by atoms with van der Waals surface area (Å²) in [4.78, 5) is 4.37. The van der Waals surface area contributed by atoms with Gasteiger partial charge in [-0.25, -0.2) is 4.39 Å². The highest BCUT2D eigenvalue weighted by molar-refractivity contribution is 8.14. The lowest BCUT2D eigenvalue weighted by molar-refractivity contribution is 0.627. The summed E-state index contributed by atoms with van der Waals surface area (Å²) in [6, 6.07) is 6.64. The fraction of sp³-hybridized carbons (Fsp3) is 0.417. The largest absolute Gasteiger partial charge is 0.365 e. The van der Waals surface area contributed by atoms with E-state index in [-0.39, 0.29) is 5.82 Å². The monoisotopic (exact) mass is 238 g/mol. The number of amidine groups is 1. The number of hydrogen-bond donors (Lipinski definition) is 1. The summed E-state index contributed by atoms with van der Waals surface area (Å²) in [6.07, 6.45) is 0.897. The van der Waals surface area contributed by atoms with E-state index in [4.69, 9.17) is 0 Å². The second kappa shape index (κ2) is 5.34. The molecule has 2 rings (SSSR count). The molecule has 86 valence electrons. The van der Waals surface area contributed by atoms with Crippen molar-refractivity contribution in [2.75, 3.05) is 13.1 Å². The van der Waals surface area contributed by atoms with Crippen LogP contribution < -0.4 is 5.32 Å². The van der Waals surface area contributed by atoms with Crippen LogP contribution in [-0.2, 0) is 6.42 Å². The van der Waals surface area contributed by atoms with Crippen molar-refractivity contribution in [3.63, 3.8) is 0 Å². The number of benzene rings is 1. The highest BCUT2D eigenvalue weighted by atomic mass is 32.2. The molecular weight excluding hydrogens is 223 g/mol. The normalized spacial score (nSPS) is 19.6. The summed E-state index contributed by atoms with van der Waals surface area (Å²) in [7, 11) is 0. The zero-order valence-corrected chi connectivity index (χ0v) is 10.1. The molecule has 0 aliphatic carbocycles. The first kappa shape index (κ1) is 11.5. The first-order valence-electron chi connectivity index (χ1n) is 5.43. The van der Waals surface area contributed by atoms with E-state index in [1.165, 1.54) is 12.1 Å². The number of halogens is 1. The molecule has 0 radical (unpaired) electrons. The molecule has 0 aromatic heterocycles. The first-order valence-corrected chi connectivity index (χ1v) is 6.31. The van der Waals surface area contributed by atoms with Crippen LogP contribution in [0.2, 0.25) is 0 Å². The van der Waals surface area contributed by atoms with Gasteiger partial charge in [0, 0.05) is 11.8 Å². The van der Waals surface area contributed by atoms with E-state index < -0.39 is 0 Å². The van der Waals surface area contributed by atoms with Crippen LogP contribution in [0, 0.1) is 5.82 Å². The topological polar surface area (TPSA) is 24.4 Å². The quantitative estimate of drug-likeness (QED) is 0.874. The van der Waals surface area contributed by atoms with Gasteiger partial charge in [-0.05, 0) is 24.1 Å². The van der Waals surface area contributed by atoms with Crippen LogP contribution in [-0.4, -0.2) is 23.5 Å². The molecule has 0 saturated heterocycles. The first-order chi connectivity index (χ1) is 7.74. The molecule has 0 saturated carbocycles.